The van der Waals surface area contributed by atoms with Gasteiger partial charge in [0.25, 0.3) is 0 Å². The van der Waals surface area contributed by atoms with Crippen LogP contribution in [0.3, 0.4) is 0 Å². The third-order valence-corrected chi connectivity index (χ3v) is 2.58. The summed E-state index contributed by atoms with van der Waals surface area (Å²) in [6.45, 7) is 2.06. The van der Waals surface area contributed by atoms with Gasteiger partial charge in [0, 0.05) is 5.02 Å². The fourth-order valence-electron chi connectivity index (χ4n) is 1.36. The van der Waals surface area contributed by atoms with E-state index in [2.05, 4.69) is 29.6 Å². The summed E-state index contributed by atoms with van der Waals surface area (Å²) >= 11 is 5.79. The average Bonchev–Trinajstić information content (AvgIpc) is 2.34. The quantitative estimate of drug-likeness (QED) is 0.638. The Morgan fingerprint density at radius 1 is 1.00 bits per heavy atom. The fourth-order valence-corrected chi connectivity index (χ4v) is 1.48. The molecule has 0 aliphatic heterocycles. The van der Waals surface area contributed by atoms with E-state index < -0.39 is 0 Å². The predicted molar refractivity (Wildman–Crippen MR) is 73.8 cm³/mol. The number of nitrogens with zero attached hydrogens (tertiary/aromatic N) is 1. The molecule has 0 unspecified atom stereocenters. The molecule has 0 atom stereocenters. The second kappa shape index (κ2) is 5.51. The van der Waals surface area contributed by atoms with Gasteiger partial charge >= 0.3 is 0 Å². The number of halogens is 1. The summed E-state index contributed by atoms with van der Waals surface area (Å²) in [7, 11) is 0. The molecule has 2 aromatic rings. The normalized spacial score (nSPS) is 10.7. The van der Waals surface area contributed by atoms with Gasteiger partial charge in [-0.15, -0.1) is 0 Å². The van der Waals surface area contributed by atoms with Crippen LogP contribution in [0.25, 0.3) is 0 Å². The first kappa shape index (κ1) is 11.7. The Hall–Kier alpha value is -1.80. The van der Waals surface area contributed by atoms with Crippen molar-refractivity contribution in [1.29, 1.82) is 0 Å². The Morgan fingerprint density at radius 2 is 1.65 bits per heavy atom. The highest BCUT2D eigenvalue weighted by Gasteiger charge is 1.90. The molecular weight excluding hydrogens is 232 g/mol. The monoisotopic (exact) mass is 244 g/mol. The minimum absolute atomic E-state index is 0.720. The molecule has 0 amide bonds. The number of hydrazone groups is 1. The highest BCUT2D eigenvalue weighted by molar-refractivity contribution is 6.30. The molecule has 0 bridgehead atoms. The standard InChI is InChI=1S/C14H13ClN2/c1-11-2-4-12(5-3-11)10-16-17-14-8-6-13(15)7-9-14/h2-10,17H,1H3/b16-10-. The van der Waals surface area contributed by atoms with E-state index in [1.54, 1.807) is 6.21 Å². The molecule has 17 heavy (non-hydrogen) atoms. The number of rotatable bonds is 3. The zero-order chi connectivity index (χ0) is 12.1. The van der Waals surface area contributed by atoms with Crippen LogP contribution in [0.4, 0.5) is 5.69 Å². The third-order valence-electron chi connectivity index (χ3n) is 2.33. The first-order chi connectivity index (χ1) is 8.24. The van der Waals surface area contributed by atoms with E-state index in [1.165, 1.54) is 5.56 Å². The molecule has 0 saturated carbocycles. The van der Waals surface area contributed by atoms with Gasteiger partial charge in [-0.05, 0) is 36.8 Å². The Bertz CT molecular complexity index is 501. The lowest BCUT2D eigenvalue weighted by Gasteiger charge is -1.99. The largest absolute Gasteiger partial charge is 0.279 e. The van der Waals surface area contributed by atoms with Gasteiger partial charge in [0.05, 0.1) is 11.9 Å². The van der Waals surface area contributed by atoms with Gasteiger partial charge in [-0.3, -0.25) is 5.43 Å². The van der Waals surface area contributed by atoms with Gasteiger partial charge in [0.2, 0.25) is 0 Å². The molecule has 86 valence electrons. The van der Waals surface area contributed by atoms with Crippen LogP contribution in [-0.4, -0.2) is 6.21 Å². The summed E-state index contributed by atoms with van der Waals surface area (Å²) in [5.41, 5.74) is 6.17. The summed E-state index contributed by atoms with van der Waals surface area (Å²) in [5, 5.41) is 4.87. The van der Waals surface area contributed by atoms with Crippen LogP contribution < -0.4 is 5.43 Å². The van der Waals surface area contributed by atoms with Crippen LogP contribution in [0.2, 0.25) is 5.02 Å². The lowest BCUT2D eigenvalue weighted by molar-refractivity contribution is 1.35. The summed E-state index contributed by atoms with van der Waals surface area (Å²) in [6, 6.07) is 15.6. The molecule has 2 nitrogen and oxygen atoms in total. The SMILES string of the molecule is Cc1ccc(/C=N\Nc2ccc(Cl)cc2)cc1. The Balaban J connectivity index is 1.97. The van der Waals surface area contributed by atoms with Crippen molar-refractivity contribution in [2.24, 2.45) is 5.10 Å². The first-order valence-corrected chi connectivity index (χ1v) is 5.73. The Morgan fingerprint density at radius 3 is 2.29 bits per heavy atom. The van der Waals surface area contributed by atoms with Crippen LogP contribution in [0.5, 0.6) is 0 Å². The number of hydrogen-bond donors (Lipinski definition) is 1. The van der Waals surface area contributed by atoms with Gasteiger partial charge in [0.1, 0.15) is 0 Å². The predicted octanol–water partition coefficient (Wildman–Crippen LogP) is 4.09. The summed E-state index contributed by atoms with van der Waals surface area (Å²) in [4.78, 5) is 0. The highest BCUT2D eigenvalue weighted by atomic mass is 35.5. The van der Waals surface area contributed by atoms with E-state index in [9.17, 15) is 0 Å². The molecule has 0 heterocycles. The van der Waals surface area contributed by atoms with Gasteiger partial charge in [0.15, 0.2) is 0 Å². The van der Waals surface area contributed by atoms with Crippen molar-refractivity contribution >= 4 is 23.5 Å². The summed E-state index contributed by atoms with van der Waals surface area (Å²) in [5.74, 6) is 0. The van der Waals surface area contributed by atoms with Crippen LogP contribution in [0.15, 0.2) is 53.6 Å². The fraction of sp³-hybridized carbons (Fsp3) is 0.0714. The Labute approximate surface area is 106 Å². The van der Waals surface area contributed by atoms with Crippen LogP contribution >= 0.6 is 11.6 Å². The van der Waals surface area contributed by atoms with E-state index in [1.807, 2.05) is 36.4 Å². The smallest absolute Gasteiger partial charge is 0.0562 e. The molecule has 1 N–H and O–H groups in total. The molecule has 0 radical (unpaired) electrons. The zero-order valence-electron chi connectivity index (χ0n) is 9.52. The maximum absolute atomic E-state index is 5.79. The van der Waals surface area contributed by atoms with Crippen molar-refractivity contribution in [2.45, 2.75) is 6.92 Å². The molecule has 0 spiro atoms. The molecule has 2 aromatic carbocycles. The molecule has 3 heteroatoms. The van der Waals surface area contributed by atoms with Gasteiger partial charge < -0.3 is 0 Å². The van der Waals surface area contributed by atoms with E-state index in [0.717, 1.165) is 16.3 Å². The van der Waals surface area contributed by atoms with Crippen molar-refractivity contribution in [3.8, 4) is 0 Å². The molecule has 2 rings (SSSR count). The molecule has 0 fully saturated rings. The third kappa shape index (κ3) is 3.61. The van der Waals surface area contributed by atoms with Gasteiger partial charge in [-0.1, -0.05) is 41.4 Å². The second-order valence-electron chi connectivity index (χ2n) is 3.79. The molecule has 0 aromatic heterocycles. The van der Waals surface area contributed by atoms with Crippen molar-refractivity contribution in [2.75, 3.05) is 5.43 Å². The van der Waals surface area contributed by atoms with E-state index in [0.29, 0.717) is 0 Å². The van der Waals surface area contributed by atoms with Crippen molar-refractivity contribution in [3.63, 3.8) is 0 Å². The summed E-state index contributed by atoms with van der Waals surface area (Å²) in [6.07, 6.45) is 1.79. The summed E-state index contributed by atoms with van der Waals surface area (Å²) < 4.78 is 0. The minimum atomic E-state index is 0.720. The van der Waals surface area contributed by atoms with Crippen molar-refractivity contribution < 1.29 is 0 Å². The second-order valence-corrected chi connectivity index (χ2v) is 4.22. The molecular formula is C14H13ClN2. The maximum Gasteiger partial charge on any atom is 0.0562 e. The van der Waals surface area contributed by atoms with Crippen molar-refractivity contribution in [1.82, 2.24) is 0 Å². The van der Waals surface area contributed by atoms with Gasteiger partial charge in [-0.2, -0.15) is 5.10 Å². The number of nitrogens with one attached hydrogen (secondary N) is 1. The molecule has 0 aliphatic carbocycles. The van der Waals surface area contributed by atoms with Crippen LogP contribution in [-0.2, 0) is 0 Å². The first-order valence-electron chi connectivity index (χ1n) is 5.35. The van der Waals surface area contributed by atoms with Crippen molar-refractivity contribution in [3.05, 3.63) is 64.7 Å². The lowest BCUT2D eigenvalue weighted by atomic mass is 10.2. The maximum atomic E-state index is 5.79. The molecule has 0 aliphatic rings. The van der Waals surface area contributed by atoms with E-state index >= 15 is 0 Å². The number of anilines is 1. The minimum Gasteiger partial charge on any atom is -0.279 e. The van der Waals surface area contributed by atoms with Crippen LogP contribution in [0, 0.1) is 6.92 Å². The van der Waals surface area contributed by atoms with Gasteiger partial charge in [-0.25, -0.2) is 0 Å². The highest BCUT2D eigenvalue weighted by Crippen LogP contribution is 2.13. The lowest BCUT2D eigenvalue weighted by Crippen LogP contribution is -1.90. The van der Waals surface area contributed by atoms with E-state index in [-0.39, 0.29) is 0 Å². The zero-order valence-corrected chi connectivity index (χ0v) is 10.3. The average molecular weight is 245 g/mol. The topological polar surface area (TPSA) is 24.4 Å². The number of aryl methyl sites for hydroxylation is 1. The molecule has 0 saturated heterocycles. The number of hydrogen-bond acceptors (Lipinski definition) is 2. The number of benzene rings is 2. The van der Waals surface area contributed by atoms with Crippen LogP contribution in [0.1, 0.15) is 11.1 Å². The van der Waals surface area contributed by atoms with E-state index in [4.69, 9.17) is 11.6 Å². The Kier molecular flexibility index (Phi) is 3.78.